The first-order chi connectivity index (χ1) is 8.11. The molecule has 2 rings (SSSR count). The number of carboxylic acid groups (broad SMARTS) is 1. The molecule has 1 atom stereocenters. The normalized spacial score (nSPS) is 12.6. The van der Waals surface area contributed by atoms with Crippen molar-refractivity contribution in [1.82, 2.24) is 0 Å². The van der Waals surface area contributed by atoms with Crippen LogP contribution in [0.1, 0.15) is 24.8 Å². The van der Waals surface area contributed by atoms with E-state index in [9.17, 15) is 4.79 Å². The van der Waals surface area contributed by atoms with E-state index in [0.29, 0.717) is 11.4 Å². The summed E-state index contributed by atoms with van der Waals surface area (Å²) in [6, 6.07) is 11.3. The van der Waals surface area contributed by atoms with Crippen LogP contribution in [0.25, 0.3) is 10.8 Å². The number of rotatable bonds is 3. The Morgan fingerprint density at radius 3 is 2.53 bits per heavy atom. The summed E-state index contributed by atoms with van der Waals surface area (Å²) in [5.74, 6) is -1.21. The first-order valence-electron chi connectivity index (χ1n) is 5.54. The number of carboxylic acids is 1. The van der Waals surface area contributed by atoms with Gasteiger partial charge in [-0.15, -0.1) is 0 Å². The van der Waals surface area contributed by atoms with Gasteiger partial charge in [0.2, 0.25) is 0 Å². The van der Waals surface area contributed by atoms with Gasteiger partial charge in [0, 0.05) is 5.02 Å². The Hall–Kier alpha value is -1.54. The Labute approximate surface area is 105 Å². The van der Waals surface area contributed by atoms with Gasteiger partial charge in [-0.2, -0.15) is 0 Å². The molecule has 0 bridgehead atoms. The fraction of sp³-hybridized carbons (Fsp3) is 0.214. The number of carbonyl (C=O) groups is 1. The number of aliphatic carboxylic acids is 1. The highest BCUT2D eigenvalue weighted by Crippen LogP contribution is 2.26. The largest absolute Gasteiger partial charge is 0.481 e. The third-order valence-electron chi connectivity index (χ3n) is 2.94. The van der Waals surface area contributed by atoms with E-state index in [1.54, 1.807) is 0 Å². The first-order valence-corrected chi connectivity index (χ1v) is 5.91. The van der Waals surface area contributed by atoms with E-state index in [-0.39, 0.29) is 0 Å². The quantitative estimate of drug-likeness (QED) is 0.889. The molecule has 0 amide bonds. The lowest BCUT2D eigenvalue weighted by Gasteiger charge is -2.11. The lowest BCUT2D eigenvalue weighted by Crippen LogP contribution is -2.10. The zero-order valence-electron chi connectivity index (χ0n) is 9.48. The van der Waals surface area contributed by atoms with Crippen LogP contribution in [0.3, 0.4) is 0 Å². The molecule has 0 aliphatic carbocycles. The molecule has 2 nitrogen and oxygen atoms in total. The number of benzene rings is 2. The van der Waals surface area contributed by atoms with Crippen LogP contribution in [0.4, 0.5) is 0 Å². The van der Waals surface area contributed by atoms with Crippen LogP contribution in [0.5, 0.6) is 0 Å². The van der Waals surface area contributed by atoms with Gasteiger partial charge >= 0.3 is 5.97 Å². The highest BCUT2D eigenvalue weighted by molar-refractivity contribution is 6.31. The van der Waals surface area contributed by atoms with Gasteiger partial charge in [-0.05, 0) is 34.9 Å². The van der Waals surface area contributed by atoms with Gasteiger partial charge in [0.15, 0.2) is 0 Å². The molecule has 0 aliphatic rings. The van der Waals surface area contributed by atoms with Crippen molar-refractivity contribution in [2.24, 2.45) is 0 Å². The monoisotopic (exact) mass is 248 g/mol. The van der Waals surface area contributed by atoms with Crippen LogP contribution < -0.4 is 0 Å². The van der Waals surface area contributed by atoms with Crippen molar-refractivity contribution in [3.05, 3.63) is 47.0 Å². The molecule has 0 saturated carbocycles. The summed E-state index contributed by atoms with van der Waals surface area (Å²) in [7, 11) is 0. The summed E-state index contributed by atoms with van der Waals surface area (Å²) in [4.78, 5) is 11.1. The van der Waals surface area contributed by atoms with Crippen molar-refractivity contribution < 1.29 is 9.90 Å². The first kappa shape index (κ1) is 11.9. The predicted octanol–water partition coefficient (Wildman–Crippen LogP) is 4.07. The molecule has 0 heterocycles. The predicted molar refractivity (Wildman–Crippen MR) is 69.6 cm³/mol. The minimum Gasteiger partial charge on any atom is -0.481 e. The fourth-order valence-electron chi connectivity index (χ4n) is 2.00. The molecule has 0 radical (unpaired) electrons. The fourth-order valence-corrected chi connectivity index (χ4v) is 2.19. The zero-order valence-corrected chi connectivity index (χ0v) is 10.2. The molecule has 0 aliphatic heterocycles. The summed E-state index contributed by atoms with van der Waals surface area (Å²) >= 11 is 5.90. The van der Waals surface area contributed by atoms with Crippen LogP contribution in [0.2, 0.25) is 5.02 Å². The molecule has 1 unspecified atom stereocenters. The summed E-state index contributed by atoms with van der Waals surface area (Å²) in [5, 5.41) is 11.9. The van der Waals surface area contributed by atoms with E-state index >= 15 is 0 Å². The van der Waals surface area contributed by atoms with Crippen molar-refractivity contribution >= 4 is 28.3 Å². The third kappa shape index (κ3) is 2.42. The molecule has 17 heavy (non-hydrogen) atoms. The van der Waals surface area contributed by atoms with E-state index in [0.717, 1.165) is 16.3 Å². The maximum atomic E-state index is 11.1. The van der Waals surface area contributed by atoms with E-state index in [1.807, 2.05) is 43.3 Å². The maximum absolute atomic E-state index is 11.1. The van der Waals surface area contributed by atoms with Gasteiger partial charge in [0.25, 0.3) is 0 Å². The molecule has 2 aromatic carbocycles. The Balaban J connectivity index is 2.50. The summed E-state index contributed by atoms with van der Waals surface area (Å²) in [6.45, 7) is 1.88. The van der Waals surface area contributed by atoms with Crippen molar-refractivity contribution in [3.8, 4) is 0 Å². The summed E-state index contributed by atoms with van der Waals surface area (Å²) in [5.41, 5.74) is 0.842. The van der Waals surface area contributed by atoms with E-state index in [4.69, 9.17) is 16.7 Å². The molecular formula is C14H13ClO2. The number of hydrogen-bond acceptors (Lipinski definition) is 1. The van der Waals surface area contributed by atoms with Gasteiger partial charge in [-0.25, -0.2) is 0 Å². The van der Waals surface area contributed by atoms with E-state index < -0.39 is 11.9 Å². The van der Waals surface area contributed by atoms with Crippen LogP contribution in [-0.4, -0.2) is 11.1 Å². The van der Waals surface area contributed by atoms with Crippen LogP contribution in [0.15, 0.2) is 36.4 Å². The Morgan fingerprint density at radius 1 is 1.24 bits per heavy atom. The Kier molecular flexibility index (Phi) is 3.34. The lowest BCUT2D eigenvalue weighted by molar-refractivity contribution is -0.138. The highest BCUT2D eigenvalue weighted by atomic mass is 35.5. The van der Waals surface area contributed by atoms with Gasteiger partial charge < -0.3 is 5.11 Å². The molecule has 3 heteroatoms. The second kappa shape index (κ2) is 4.76. The Morgan fingerprint density at radius 2 is 1.88 bits per heavy atom. The standard InChI is InChI=1S/C14H13ClO2/c1-2-13(14(16)17)11-4-3-10-8-12(15)6-5-9(10)7-11/h3-8,13H,2H2,1H3,(H,16,17). The molecular weight excluding hydrogens is 236 g/mol. The molecule has 2 aromatic rings. The molecule has 0 saturated heterocycles. The minimum absolute atomic E-state index is 0.435. The van der Waals surface area contributed by atoms with Gasteiger partial charge in [0.05, 0.1) is 5.92 Å². The topological polar surface area (TPSA) is 37.3 Å². The second-order valence-corrected chi connectivity index (χ2v) is 4.49. The van der Waals surface area contributed by atoms with Gasteiger partial charge in [-0.3, -0.25) is 4.79 Å². The van der Waals surface area contributed by atoms with Crippen LogP contribution >= 0.6 is 11.6 Å². The van der Waals surface area contributed by atoms with Gasteiger partial charge in [-0.1, -0.05) is 42.8 Å². The average molecular weight is 249 g/mol. The van der Waals surface area contributed by atoms with Crippen molar-refractivity contribution in [2.45, 2.75) is 19.3 Å². The number of halogens is 1. The van der Waals surface area contributed by atoms with Crippen molar-refractivity contribution in [2.75, 3.05) is 0 Å². The molecule has 88 valence electrons. The van der Waals surface area contributed by atoms with Crippen LogP contribution in [0, 0.1) is 0 Å². The summed E-state index contributed by atoms with van der Waals surface area (Å²) in [6.07, 6.45) is 0.592. The molecule has 1 N–H and O–H groups in total. The van der Waals surface area contributed by atoms with Crippen molar-refractivity contribution in [3.63, 3.8) is 0 Å². The van der Waals surface area contributed by atoms with Gasteiger partial charge in [0.1, 0.15) is 0 Å². The van der Waals surface area contributed by atoms with Crippen LogP contribution in [-0.2, 0) is 4.79 Å². The molecule has 0 aromatic heterocycles. The second-order valence-electron chi connectivity index (χ2n) is 4.05. The molecule has 0 fully saturated rings. The smallest absolute Gasteiger partial charge is 0.310 e. The molecule has 0 spiro atoms. The lowest BCUT2D eigenvalue weighted by atomic mass is 9.94. The average Bonchev–Trinajstić information content (AvgIpc) is 2.29. The Bertz CT molecular complexity index is 563. The SMILES string of the molecule is CCC(C(=O)O)c1ccc2cc(Cl)ccc2c1. The maximum Gasteiger partial charge on any atom is 0.310 e. The zero-order chi connectivity index (χ0) is 12.4. The van der Waals surface area contributed by atoms with E-state index in [1.165, 1.54) is 0 Å². The number of fused-ring (bicyclic) bond motifs is 1. The summed E-state index contributed by atoms with van der Waals surface area (Å²) < 4.78 is 0. The van der Waals surface area contributed by atoms with E-state index in [2.05, 4.69) is 0 Å². The minimum atomic E-state index is -0.777. The third-order valence-corrected chi connectivity index (χ3v) is 3.17. The number of hydrogen-bond donors (Lipinski definition) is 1. The van der Waals surface area contributed by atoms with Crippen molar-refractivity contribution in [1.29, 1.82) is 0 Å². The highest BCUT2D eigenvalue weighted by Gasteiger charge is 2.17.